The van der Waals surface area contributed by atoms with Gasteiger partial charge in [-0.25, -0.2) is 13.2 Å². The molecule has 1 nitrogen and oxygen atoms in total. The van der Waals surface area contributed by atoms with Gasteiger partial charge < -0.3 is 0 Å². The van der Waals surface area contributed by atoms with Crippen molar-refractivity contribution in [2.75, 3.05) is 0 Å². The van der Waals surface area contributed by atoms with E-state index in [1.54, 1.807) is 0 Å². The second-order valence-corrected chi connectivity index (χ2v) is 11.0. The molecule has 0 spiro atoms. The number of alkyl halides is 3. The first-order valence-electron chi connectivity index (χ1n) is 4.98. The van der Waals surface area contributed by atoms with Gasteiger partial charge >= 0.3 is 0 Å². The van der Waals surface area contributed by atoms with Crippen LogP contribution in [-0.2, 0) is 4.79 Å². The summed E-state index contributed by atoms with van der Waals surface area (Å²) in [5.41, 5.74) is -3.04. The van der Waals surface area contributed by atoms with Crippen molar-refractivity contribution in [2.45, 2.75) is 57.5 Å². The highest BCUT2D eigenvalue weighted by Gasteiger charge is 2.52. The van der Waals surface area contributed by atoms with Crippen LogP contribution in [0.2, 0.25) is 25.7 Å². The molecule has 0 saturated heterocycles. The van der Waals surface area contributed by atoms with E-state index in [9.17, 15) is 18.0 Å². The van der Waals surface area contributed by atoms with Crippen molar-refractivity contribution >= 4 is 13.9 Å². The second kappa shape index (κ2) is 4.27. The van der Waals surface area contributed by atoms with Gasteiger partial charge in [-0.05, 0) is 6.92 Å². The highest BCUT2D eigenvalue weighted by molar-refractivity contribution is 6.76. The maximum absolute atomic E-state index is 13.5. The number of ketones is 1. The van der Waals surface area contributed by atoms with Crippen LogP contribution in [-0.4, -0.2) is 25.4 Å². The van der Waals surface area contributed by atoms with Gasteiger partial charge in [0.1, 0.15) is 0 Å². The molecule has 15 heavy (non-hydrogen) atoms. The summed E-state index contributed by atoms with van der Waals surface area (Å²) in [5.74, 6) is -4.60. The molecule has 0 aliphatic rings. The minimum absolute atomic E-state index is 0.0911. The van der Waals surface area contributed by atoms with Gasteiger partial charge in [0.2, 0.25) is 5.67 Å². The molecule has 0 radical (unpaired) electrons. The van der Waals surface area contributed by atoms with Gasteiger partial charge in [0.25, 0.3) is 5.92 Å². The van der Waals surface area contributed by atoms with Crippen LogP contribution in [0.5, 0.6) is 0 Å². The van der Waals surface area contributed by atoms with E-state index in [4.69, 9.17) is 0 Å². The lowest BCUT2D eigenvalue weighted by atomic mass is 9.94. The van der Waals surface area contributed by atoms with E-state index in [0.717, 1.165) is 0 Å². The smallest absolute Gasteiger partial charge is 0.285 e. The van der Waals surface area contributed by atoms with Crippen molar-refractivity contribution in [3.63, 3.8) is 0 Å². The molecule has 0 N–H and O–H groups in total. The maximum atomic E-state index is 13.5. The van der Waals surface area contributed by atoms with Gasteiger partial charge in [0.05, 0.1) is 0 Å². The summed E-state index contributed by atoms with van der Waals surface area (Å²) in [5, 5.41) is 0. The standard InChI is InChI=1S/C10H19F3OSi/c1-9(11,10(2,12)13)8(14)6-7-15(3,4)5/h6-7H2,1-5H3. The number of carbonyl (C=O) groups excluding carboxylic acids is 1. The van der Waals surface area contributed by atoms with Gasteiger partial charge in [-0.1, -0.05) is 25.7 Å². The Morgan fingerprint density at radius 2 is 1.53 bits per heavy atom. The summed E-state index contributed by atoms with van der Waals surface area (Å²) in [6.07, 6.45) is -0.0911. The monoisotopic (exact) mass is 240 g/mol. The van der Waals surface area contributed by atoms with E-state index in [-0.39, 0.29) is 6.42 Å². The first kappa shape index (κ1) is 14.7. The minimum atomic E-state index is -3.61. The van der Waals surface area contributed by atoms with Crippen LogP contribution >= 0.6 is 0 Å². The van der Waals surface area contributed by atoms with E-state index >= 15 is 0 Å². The van der Waals surface area contributed by atoms with Crippen molar-refractivity contribution in [3.05, 3.63) is 0 Å². The van der Waals surface area contributed by atoms with Gasteiger partial charge in [-0.15, -0.1) is 0 Å². The molecular formula is C10H19F3OSi. The van der Waals surface area contributed by atoms with Crippen LogP contribution in [0.25, 0.3) is 0 Å². The van der Waals surface area contributed by atoms with Crippen LogP contribution in [0, 0.1) is 0 Å². The third-order valence-corrected chi connectivity index (χ3v) is 4.20. The summed E-state index contributed by atoms with van der Waals surface area (Å²) >= 11 is 0. The van der Waals surface area contributed by atoms with E-state index in [0.29, 0.717) is 19.9 Å². The van der Waals surface area contributed by atoms with E-state index < -0.39 is 25.4 Å². The molecule has 0 aromatic rings. The van der Waals surface area contributed by atoms with Gasteiger partial charge in [0, 0.05) is 21.4 Å². The topological polar surface area (TPSA) is 17.1 Å². The molecule has 1 atom stereocenters. The van der Waals surface area contributed by atoms with Crippen LogP contribution in [0.3, 0.4) is 0 Å². The van der Waals surface area contributed by atoms with Crippen molar-refractivity contribution in [1.82, 2.24) is 0 Å². The predicted molar refractivity (Wildman–Crippen MR) is 57.9 cm³/mol. The second-order valence-electron chi connectivity index (χ2n) is 5.38. The average molecular weight is 240 g/mol. The molecule has 5 heteroatoms. The fourth-order valence-electron chi connectivity index (χ4n) is 0.968. The van der Waals surface area contributed by atoms with Crippen molar-refractivity contribution in [1.29, 1.82) is 0 Å². The zero-order chi connectivity index (χ0) is 12.5. The molecule has 0 aromatic carbocycles. The normalized spacial score (nSPS) is 17.3. The Morgan fingerprint density at radius 3 is 1.80 bits per heavy atom. The minimum Gasteiger partial charge on any atom is -0.296 e. The van der Waals surface area contributed by atoms with Crippen LogP contribution in [0.4, 0.5) is 13.2 Å². The lowest BCUT2D eigenvalue weighted by Gasteiger charge is -2.26. The fourth-order valence-corrected chi connectivity index (χ4v) is 1.95. The number of hydrogen-bond acceptors (Lipinski definition) is 1. The van der Waals surface area contributed by atoms with Gasteiger partial charge in [0.15, 0.2) is 5.78 Å². The third kappa shape index (κ3) is 4.36. The number of carbonyl (C=O) groups is 1. The molecule has 0 heterocycles. The van der Waals surface area contributed by atoms with E-state index in [1.807, 2.05) is 19.6 Å². The maximum Gasteiger partial charge on any atom is 0.285 e. The molecule has 0 amide bonds. The van der Waals surface area contributed by atoms with Crippen LogP contribution in [0.1, 0.15) is 20.3 Å². The molecule has 0 aliphatic heterocycles. The highest BCUT2D eigenvalue weighted by Crippen LogP contribution is 2.34. The first-order valence-corrected chi connectivity index (χ1v) is 8.69. The molecule has 0 fully saturated rings. The van der Waals surface area contributed by atoms with Crippen LogP contribution in [0.15, 0.2) is 0 Å². The van der Waals surface area contributed by atoms with E-state index in [2.05, 4.69) is 0 Å². The Labute approximate surface area is 90.1 Å². The summed E-state index contributed by atoms with van der Waals surface area (Å²) in [6.45, 7) is 7.15. The Kier molecular flexibility index (Phi) is 4.18. The molecule has 0 rings (SSSR count). The zero-order valence-corrected chi connectivity index (χ0v) is 11.0. The van der Waals surface area contributed by atoms with Crippen molar-refractivity contribution in [2.24, 2.45) is 0 Å². The molecule has 0 aromatic heterocycles. The molecule has 0 aliphatic carbocycles. The van der Waals surface area contributed by atoms with Gasteiger partial charge in [-0.3, -0.25) is 4.79 Å². The summed E-state index contributed by atoms with van der Waals surface area (Å²) < 4.78 is 39.1. The summed E-state index contributed by atoms with van der Waals surface area (Å²) in [4.78, 5) is 11.3. The van der Waals surface area contributed by atoms with E-state index in [1.165, 1.54) is 0 Å². The number of hydrogen-bond donors (Lipinski definition) is 0. The summed E-state index contributed by atoms with van der Waals surface area (Å²) in [7, 11) is -1.49. The Balaban J connectivity index is 4.47. The largest absolute Gasteiger partial charge is 0.296 e. The van der Waals surface area contributed by atoms with Crippen molar-refractivity contribution < 1.29 is 18.0 Å². The number of rotatable bonds is 5. The SMILES string of the molecule is CC(F)(F)C(C)(F)C(=O)CC[Si](C)(C)C. The Hall–Kier alpha value is -0.323. The number of Topliss-reactive ketones (excluding diaryl/α,β-unsaturated/α-hetero) is 1. The summed E-state index contributed by atoms with van der Waals surface area (Å²) in [6, 6.07) is 0.543. The third-order valence-electron chi connectivity index (χ3n) is 2.45. The quantitative estimate of drug-likeness (QED) is 0.670. The molecule has 0 saturated carbocycles. The number of halogens is 3. The molecule has 90 valence electrons. The van der Waals surface area contributed by atoms with Crippen molar-refractivity contribution in [3.8, 4) is 0 Å². The first-order chi connectivity index (χ1) is 6.38. The van der Waals surface area contributed by atoms with Gasteiger partial charge in [-0.2, -0.15) is 0 Å². The average Bonchev–Trinajstić information content (AvgIpc) is 1.96. The molecular weight excluding hydrogens is 221 g/mol. The highest BCUT2D eigenvalue weighted by atomic mass is 28.3. The molecule has 0 bridgehead atoms. The zero-order valence-electron chi connectivity index (χ0n) is 9.96. The molecule has 1 unspecified atom stereocenters. The fraction of sp³-hybridized carbons (Fsp3) is 0.900. The predicted octanol–water partition coefficient (Wildman–Crippen LogP) is 3.67. The Morgan fingerprint density at radius 1 is 1.13 bits per heavy atom. The lowest BCUT2D eigenvalue weighted by Crippen LogP contribution is -2.46. The lowest BCUT2D eigenvalue weighted by molar-refractivity contribution is -0.156. The Bertz CT molecular complexity index is 238. The van der Waals surface area contributed by atoms with Crippen LogP contribution < -0.4 is 0 Å².